The molecule has 0 saturated heterocycles. The molecule has 6 fully saturated rings. The number of rotatable bonds is 3. The van der Waals surface area contributed by atoms with E-state index < -0.39 is 0 Å². The lowest BCUT2D eigenvalue weighted by Crippen LogP contribution is -2.62. The van der Waals surface area contributed by atoms with Crippen LogP contribution in [-0.4, -0.2) is 51.5 Å². The molecular weight excluding hydrogens is 1620 g/mol. The van der Waals surface area contributed by atoms with Crippen LogP contribution in [0.2, 0.25) is 0 Å². The standard InChI is InChI=1S/C24H27N3S.2C22H27N3O.C20H24N4.C20H23N3S/c1-14-5-3-4-6-20(14)27-15(2)21-22(26-8-7-25-23(26)28-21)24(27)18-10-16-9-17(12-18)13-19(24)11-16;2*1-13-9-8-10-15-16(13)25-14(2)17-18(24-12-11-23-19(24)26-17)22(25,7)21(5,6)20(15,3)4;1-14-8-4-5-9-16(14)24-15(2)17-18(20(24)10-6-7-11-20)23-13-12-22(3)19(23)21-17;1-14-8-4-5-9-16(14)23-15(2)17-18(20(23)10-6-3-7-11-20)22-13-12-21-19(22)24-17/h3-8,15-19H,9-13H2,1-2H3;2*8-12,14H,1-7H3;4-5,8-9,12-13,15H,6-7,10-11H2,1-3H3;4-5,8-9,12-13,15H,3,6-7,10-11H2,1-2H3. The quantitative estimate of drug-likeness (QED) is 0.167. The zero-order valence-electron chi connectivity index (χ0n) is 79.0. The van der Waals surface area contributed by atoms with E-state index in [1.165, 1.54) is 196 Å². The summed E-state index contributed by atoms with van der Waals surface area (Å²) in [5.41, 5.74) is 24.9. The van der Waals surface area contributed by atoms with Crippen LogP contribution in [-0.2, 0) is 45.6 Å². The lowest BCUT2D eigenvalue weighted by atomic mass is 9.47. The summed E-state index contributed by atoms with van der Waals surface area (Å²) < 4.78 is 26.1. The molecule has 7 aliphatic heterocycles. The number of para-hydroxylation sites is 5. The predicted molar refractivity (Wildman–Crippen MR) is 518 cm³/mol. The number of hydrogen-bond donors (Lipinski definition) is 0. The molecule has 128 heavy (non-hydrogen) atoms. The van der Waals surface area contributed by atoms with E-state index in [-0.39, 0.29) is 61.4 Å². The van der Waals surface area contributed by atoms with Gasteiger partial charge in [-0.15, -0.1) is 0 Å². The van der Waals surface area contributed by atoms with Crippen molar-refractivity contribution in [3.8, 4) is 0 Å². The molecule has 0 amide bonds. The van der Waals surface area contributed by atoms with Gasteiger partial charge in [0, 0.05) is 108 Å². The van der Waals surface area contributed by atoms with Gasteiger partial charge in [-0.05, 0) is 233 Å². The molecule has 13 aliphatic rings. The predicted octanol–water partition coefficient (Wildman–Crippen LogP) is 26.4. The first-order valence-electron chi connectivity index (χ1n) is 48.0. The fourth-order valence-corrected chi connectivity index (χ4v) is 31.8. The minimum atomic E-state index is -0.198. The van der Waals surface area contributed by atoms with E-state index in [2.05, 4.69) is 346 Å². The molecular formula is C108H128N16O2S2. The molecule has 6 saturated carbocycles. The van der Waals surface area contributed by atoms with Crippen molar-refractivity contribution in [2.24, 2.45) is 41.5 Å². The van der Waals surface area contributed by atoms with Gasteiger partial charge in [-0.25, -0.2) is 24.9 Å². The molecule has 18 nitrogen and oxygen atoms in total. The van der Waals surface area contributed by atoms with Crippen LogP contribution in [0.25, 0.3) is 27.4 Å². The largest absolute Gasteiger partial charge is 0.426 e. The Hall–Kier alpha value is -10.3. The lowest BCUT2D eigenvalue weighted by Gasteiger charge is -2.63. The number of hydrogen-bond acceptors (Lipinski definition) is 14. The Balaban J connectivity index is 0.0000000917. The van der Waals surface area contributed by atoms with Gasteiger partial charge < -0.3 is 37.9 Å². The number of imidazole rings is 6. The van der Waals surface area contributed by atoms with Crippen molar-refractivity contribution in [3.05, 3.63) is 266 Å². The molecule has 15 aromatic rings. The van der Waals surface area contributed by atoms with E-state index in [1.807, 2.05) is 59.9 Å². The van der Waals surface area contributed by atoms with E-state index in [0.717, 1.165) is 45.9 Å². The van der Waals surface area contributed by atoms with Crippen LogP contribution >= 0.6 is 22.7 Å². The Morgan fingerprint density at radius 2 is 0.766 bits per heavy atom. The molecule has 664 valence electrons. The molecule has 5 aromatic carbocycles. The fraction of sp³-hybridized carbons (Fsp3) is 0.491. The second kappa shape index (κ2) is 28.1. The number of benzene rings is 5. The van der Waals surface area contributed by atoms with E-state index in [4.69, 9.17) is 18.8 Å². The van der Waals surface area contributed by atoms with Gasteiger partial charge in [-0.3, -0.25) is 22.0 Å². The van der Waals surface area contributed by atoms with Crippen molar-refractivity contribution >= 4 is 78.5 Å². The van der Waals surface area contributed by atoms with Crippen molar-refractivity contribution in [2.45, 2.75) is 297 Å². The lowest BCUT2D eigenvalue weighted by molar-refractivity contribution is -0.0623. The SMILES string of the molecule is Cc1cccc2c1N1C(C)c3oc4nccn4c3C1(C)C(C)(C)C2(C)C.Cc1cccc2c1N1C(C)c3oc4nccn4c3C1(C)C(C)(C)C2(C)C.Cc1ccccc1N1C(C)c2nc3n(C)ccn3c2C12CCCC2.Cc1ccccc1N1C(C)c2sc3nccn3c2C12C1CC3CC(C1)CC2C3.Cc1ccccc1N1C(C)c2sc3nccn3c2C12CCCCC2. The average molecular weight is 1750 g/mol. The Kier molecular flexibility index (Phi) is 18.0. The highest BCUT2D eigenvalue weighted by molar-refractivity contribution is 7.17. The number of aromatic nitrogens is 11. The monoisotopic (exact) mass is 1740 g/mol. The van der Waals surface area contributed by atoms with E-state index >= 15 is 0 Å². The summed E-state index contributed by atoms with van der Waals surface area (Å²) in [7, 11) is 2.09. The maximum absolute atomic E-state index is 6.25. The van der Waals surface area contributed by atoms with Crippen LogP contribution in [0, 0.1) is 69.1 Å². The van der Waals surface area contributed by atoms with Gasteiger partial charge in [-0.2, -0.15) is 0 Å². The third kappa shape index (κ3) is 10.4. The highest BCUT2D eigenvalue weighted by Crippen LogP contribution is 2.73. The molecule has 4 bridgehead atoms. The zero-order valence-corrected chi connectivity index (χ0v) is 80.7. The molecule has 20 heteroatoms. The summed E-state index contributed by atoms with van der Waals surface area (Å²) in [6, 6.07) is 41.8. The van der Waals surface area contributed by atoms with Crippen LogP contribution in [0.15, 0.2) is 180 Å². The van der Waals surface area contributed by atoms with Gasteiger partial charge in [0.15, 0.2) is 21.4 Å². The van der Waals surface area contributed by atoms with Gasteiger partial charge in [0.1, 0.15) is 0 Å². The summed E-state index contributed by atoms with van der Waals surface area (Å²) >= 11 is 3.82. The normalized spacial score (nSPS) is 28.1. The smallest absolute Gasteiger partial charge is 0.306 e. The van der Waals surface area contributed by atoms with E-state index in [1.54, 1.807) is 10.6 Å². The molecule has 0 radical (unpaired) electrons. The number of anilines is 5. The average Bonchev–Trinajstić information content (AvgIpc) is 1.10. The fourth-order valence-electron chi connectivity index (χ4n) is 29.3. The summed E-state index contributed by atoms with van der Waals surface area (Å²) in [5, 5.41) is 0. The minimum absolute atomic E-state index is 0.00507. The van der Waals surface area contributed by atoms with Gasteiger partial charge in [0.25, 0.3) is 0 Å². The topological polar surface area (TPSA) is 134 Å². The Bertz CT molecular complexity index is 6740. The van der Waals surface area contributed by atoms with Gasteiger partial charge in [0.2, 0.25) is 5.78 Å². The number of fused-ring (bicyclic) bond motifs is 25. The summed E-state index contributed by atoms with van der Waals surface area (Å²) in [4.78, 5) is 42.1. The van der Waals surface area contributed by atoms with E-state index in [9.17, 15) is 0 Å². The van der Waals surface area contributed by atoms with Crippen LogP contribution < -0.4 is 24.5 Å². The highest BCUT2D eigenvalue weighted by Gasteiger charge is 2.70. The number of oxazole rings is 2. The second-order valence-corrected chi connectivity index (χ2v) is 45.2. The van der Waals surface area contributed by atoms with Crippen LogP contribution in [0.3, 0.4) is 0 Å². The molecule has 7 unspecified atom stereocenters. The van der Waals surface area contributed by atoms with Crippen LogP contribution in [0.1, 0.15) is 318 Å². The minimum Gasteiger partial charge on any atom is -0.426 e. The third-order valence-corrected chi connectivity index (χ3v) is 39.1. The molecule has 28 rings (SSSR count). The van der Waals surface area contributed by atoms with Crippen molar-refractivity contribution < 1.29 is 8.83 Å². The Labute approximate surface area is 762 Å². The van der Waals surface area contributed by atoms with E-state index in [0.29, 0.717) is 29.8 Å². The number of thiazole rings is 2. The Morgan fingerprint density at radius 3 is 1.24 bits per heavy atom. The van der Waals surface area contributed by atoms with Gasteiger partial charge >= 0.3 is 11.7 Å². The maximum Gasteiger partial charge on any atom is 0.306 e. The first-order valence-corrected chi connectivity index (χ1v) is 49.7. The molecule has 17 heterocycles. The molecule has 7 atom stereocenters. The highest BCUT2D eigenvalue weighted by atomic mass is 32.1. The van der Waals surface area contributed by atoms with Gasteiger partial charge in [0.05, 0.1) is 102 Å². The summed E-state index contributed by atoms with van der Waals surface area (Å²) in [6.07, 6.45) is 39.1. The molecule has 6 aliphatic carbocycles. The van der Waals surface area contributed by atoms with Crippen molar-refractivity contribution in [2.75, 3.05) is 24.5 Å². The molecule has 3 spiro atoms. The Morgan fingerprint density at radius 1 is 0.367 bits per heavy atom. The summed E-state index contributed by atoms with van der Waals surface area (Å²) in [6.45, 7) is 46.9. The third-order valence-electron chi connectivity index (χ3n) is 36.6. The first-order chi connectivity index (χ1) is 61.3. The zero-order chi connectivity index (χ0) is 88.7. The van der Waals surface area contributed by atoms with Crippen molar-refractivity contribution in [1.29, 1.82) is 0 Å². The van der Waals surface area contributed by atoms with Crippen LogP contribution in [0.4, 0.5) is 28.4 Å². The van der Waals surface area contributed by atoms with Crippen molar-refractivity contribution in [3.63, 3.8) is 0 Å². The maximum atomic E-state index is 6.25. The molecule has 0 N–H and O–H groups in total. The van der Waals surface area contributed by atoms with Crippen molar-refractivity contribution in [1.82, 2.24) is 51.5 Å². The first kappa shape index (κ1) is 82.1. The van der Waals surface area contributed by atoms with Crippen LogP contribution in [0.5, 0.6) is 0 Å². The van der Waals surface area contributed by atoms with Gasteiger partial charge in [-0.1, -0.05) is 201 Å². The number of aryl methyl sites for hydroxylation is 6. The second-order valence-electron chi connectivity index (χ2n) is 43.1. The summed E-state index contributed by atoms with van der Waals surface area (Å²) in [5.74, 6) is 8.10. The number of nitrogens with zero attached hydrogens (tertiary/aromatic N) is 16. The molecule has 10 aromatic heterocycles.